The number of pyridine rings is 1. The largest absolute Gasteiger partial charge is 2.00 e. The van der Waals surface area contributed by atoms with Gasteiger partial charge in [0.2, 0.25) is 0 Å². The molecule has 4 aromatic heterocycles. The van der Waals surface area contributed by atoms with Crippen molar-refractivity contribution in [1.82, 2.24) is 24.1 Å². The Kier molecular flexibility index (Phi) is 8.77. The minimum atomic E-state index is -0.212. The van der Waals surface area contributed by atoms with Gasteiger partial charge in [0.1, 0.15) is 11.6 Å². The Balaban J connectivity index is 0.00000420. The van der Waals surface area contributed by atoms with Gasteiger partial charge in [-0.25, -0.2) is 9.97 Å². The van der Waals surface area contributed by atoms with Crippen molar-refractivity contribution in [2.75, 3.05) is 0 Å². The van der Waals surface area contributed by atoms with E-state index in [4.69, 9.17) is 15.0 Å². The maximum atomic E-state index is 5.54. The fourth-order valence-electron chi connectivity index (χ4n) is 9.01. The molecular formula is C53H39N5Pt. The van der Waals surface area contributed by atoms with Crippen LogP contribution < -0.4 is 4.98 Å². The first-order valence-electron chi connectivity index (χ1n) is 19.9. The van der Waals surface area contributed by atoms with Gasteiger partial charge in [-0.15, -0.1) is 34.8 Å². The van der Waals surface area contributed by atoms with Crippen LogP contribution in [0.15, 0.2) is 164 Å². The van der Waals surface area contributed by atoms with Crippen LogP contribution in [0.3, 0.4) is 0 Å². The first kappa shape index (κ1) is 36.8. The molecule has 0 saturated carbocycles. The predicted molar refractivity (Wildman–Crippen MR) is 239 cm³/mol. The van der Waals surface area contributed by atoms with Crippen LogP contribution in [-0.4, -0.2) is 19.1 Å². The van der Waals surface area contributed by atoms with Crippen LogP contribution in [-0.2, 0) is 26.5 Å². The molecule has 5 nitrogen and oxygen atoms in total. The summed E-state index contributed by atoms with van der Waals surface area (Å²) in [5.41, 5.74) is 14.7. The molecule has 0 aliphatic heterocycles. The number of fused-ring (bicyclic) bond motifs is 7. The number of hydrogen-bond acceptors (Lipinski definition) is 2. The van der Waals surface area contributed by atoms with E-state index in [1.54, 1.807) is 0 Å². The quantitative estimate of drug-likeness (QED) is 0.156. The Morgan fingerprint density at radius 1 is 0.610 bits per heavy atom. The summed E-state index contributed by atoms with van der Waals surface area (Å²) >= 11 is 0. The van der Waals surface area contributed by atoms with Gasteiger partial charge in [-0.3, -0.25) is 4.57 Å². The summed E-state index contributed by atoms with van der Waals surface area (Å²) in [6.45, 7) is 8.98. The molecule has 7 aromatic carbocycles. The monoisotopic (exact) mass is 940 g/mol. The van der Waals surface area contributed by atoms with E-state index in [1.165, 1.54) is 22.1 Å². The van der Waals surface area contributed by atoms with Crippen molar-refractivity contribution in [3.63, 3.8) is 0 Å². The molecule has 0 saturated heterocycles. The molecule has 0 aliphatic carbocycles. The fraction of sp³-hybridized carbons (Fsp3) is 0.0943. The zero-order valence-corrected chi connectivity index (χ0v) is 35.4. The number of benzene rings is 7. The summed E-state index contributed by atoms with van der Waals surface area (Å²) in [4.78, 5) is 15.6. The molecule has 0 unspecified atom stereocenters. The third-order valence-corrected chi connectivity index (χ3v) is 12.0. The fourth-order valence-corrected chi connectivity index (χ4v) is 9.01. The number of aryl methyl sites for hydroxylation is 2. The van der Waals surface area contributed by atoms with Crippen LogP contribution in [0.2, 0.25) is 0 Å². The van der Waals surface area contributed by atoms with Gasteiger partial charge in [-0.2, -0.15) is 0 Å². The van der Waals surface area contributed by atoms with Crippen LogP contribution >= 0.6 is 0 Å². The smallest absolute Gasteiger partial charge is 0.656 e. The van der Waals surface area contributed by atoms with E-state index in [0.29, 0.717) is 0 Å². The zero-order valence-electron chi connectivity index (χ0n) is 33.1. The van der Waals surface area contributed by atoms with Gasteiger partial charge < -0.3 is 9.55 Å². The number of imidazole rings is 1. The second-order valence-corrected chi connectivity index (χ2v) is 15.9. The second kappa shape index (κ2) is 14.1. The van der Waals surface area contributed by atoms with E-state index in [0.717, 1.165) is 88.8 Å². The van der Waals surface area contributed by atoms with E-state index in [-0.39, 0.29) is 26.5 Å². The number of para-hydroxylation sites is 4. The van der Waals surface area contributed by atoms with Gasteiger partial charge in [0, 0.05) is 28.4 Å². The van der Waals surface area contributed by atoms with Crippen LogP contribution in [0.25, 0.3) is 88.7 Å². The van der Waals surface area contributed by atoms with Crippen LogP contribution in [0.5, 0.6) is 0 Å². The Morgan fingerprint density at radius 3 is 2.15 bits per heavy atom. The summed E-state index contributed by atoms with van der Waals surface area (Å²) in [5, 5.41) is 4.63. The maximum Gasteiger partial charge on any atom is 2.00 e. The Hall–Kier alpha value is -6.55. The zero-order chi connectivity index (χ0) is 39.1. The molecule has 0 atom stereocenters. The van der Waals surface area contributed by atoms with E-state index < -0.39 is 0 Å². The molecular weight excluding hydrogens is 902 g/mol. The third-order valence-electron chi connectivity index (χ3n) is 12.0. The van der Waals surface area contributed by atoms with Crippen molar-refractivity contribution in [3.05, 3.63) is 192 Å². The van der Waals surface area contributed by atoms with E-state index >= 15 is 0 Å². The minimum Gasteiger partial charge on any atom is -0.656 e. The van der Waals surface area contributed by atoms with Gasteiger partial charge >= 0.3 is 21.1 Å². The molecule has 6 heteroatoms. The normalized spacial score (nSPS) is 11.9. The first-order chi connectivity index (χ1) is 28.3. The van der Waals surface area contributed by atoms with Crippen LogP contribution in [0, 0.1) is 19.9 Å². The van der Waals surface area contributed by atoms with Gasteiger partial charge in [0.05, 0.1) is 11.0 Å². The molecule has 286 valence electrons. The Morgan fingerprint density at radius 2 is 1.34 bits per heavy atom. The summed E-state index contributed by atoms with van der Waals surface area (Å²) in [7, 11) is 0. The number of hydrogen-bond donors (Lipinski definition) is 0. The molecule has 0 fully saturated rings. The molecule has 0 bridgehead atoms. The first-order valence-corrected chi connectivity index (χ1v) is 19.9. The van der Waals surface area contributed by atoms with Crippen LogP contribution in [0.4, 0.5) is 0 Å². The van der Waals surface area contributed by atoms with E-state index in [1.807, 2.05) is 12.3 Å². The Bertz CT molecular complexity index is 3390. The van der Waals surface area contributed by atoms with E-state index in [2.05, 4.69) is 195 Å². The average Bonchev–Trinajstić information content (AvgIpc) is 3.94. The SMILES string of the molecule is Cc1ccnc(-n2c3[c-]c(-c4cccc5c4nc(-c4cccc6c4[n-]c4ccccc46)n5-c4ccccc4)ccc3c3c(C)cc(C(C)(C)c4ccccc4)cc32)c1.[Pt+2]. The van der Waals surface area contributed by atoms with Gasteiger partial charge in [0.15, 0.2) is 0 Å². The molecule has 0 amide bonds. The summed E-state index contributed by atoms with van der Waals surface area (Å²) in [6, 6.07) is 59.9. The maximum absolute atomic E-state index is 5.54. The van der Waals surface area contributed by atoms with Crippen molar-refractivity contribution in [2.45, 2.75) is 33.1 Å². The van der Waals surface area contributed by atoms with Crippen molar-refractivity contribution in [1.29, 1.82) is 0 Å². The third kappa shape index (κ3) is 5.79. The molecule has 11 aromatic rings. The standard InChI is InChI=1S/C53H39N5.Pt/c1-33-27-28-54-48(29-33)58-46-31-35(25-26-42(46)49-34(2)30-37(32-47(49)58)53(3,4)36-15-7-5-8-16-36)39-20-14-24-45-51(39)56-52(57(45)38-17-9-6-10-18-38)43-22-13-21-41-40-19-11-12-23-44(40)55-50(41)43;/h5-30,32H,1-4H3;/q-2;+2. The number of aromatic nitrogens is 5. The molecule has 11 rings (SSSR count). The van der Waals surface area contributed by atoms with Gasteiger partial charge in [-0.05, 0) is 88.6 Å². The van der Waals surface area contributed by atoms with E-state index in [9.17, 15) is 0 Å². The molecule has 59 heavy (non-hydrogen) atoms. The number of rotatable bonds is 6. The van der Waals surface area contributed by atoms with Crippen molar-refractivity contribution in [3.8, 4) is 34.0 Å². The molecule has 0 radical (unpaired) electrons. The van der Waals surface area contributed by atoms with Crippen molar-refractivity contribution < 1.29 is 21.1 Å². The predicted octanol–water partition coefficient (Wildman–Crippen LogP) is 12.9. The molecule has 0 N–H and O–H groups in total. The summed E-state index contributed by atoms with van der Waals surface area (Å²) in [6.07, 6.45) is 1.90. The minimum absolute atomic E-state index is 0. The topological polar surface area (TPSA) is 49.7 Å². The van der Waals surface area contributed by atoms with Crippen LogP contribution in [0.1, 0.15) is 36.1 Å². The number of nitrogens with zero attached hydrogens (tertiary/aromatic N) is 5. The Labute approximate surface area is 357 Å². The molecule has 0 spiro atoms. The molecule has 4 heterocycles. The van der Waals surface area contributed by atoms with Gasteiger partial charge in [0.25, 0.3) is 0 Å². The van der Waals surface area contributed by atoms with Crippen molar-refractivity contribution in [2.24, 2.45) is 0 Å². The van der Waals surface area contributed by atoms with Crippen molar-refractivity contribution >= 4 is 54.6 Å². The summed E-state index contributed by atoms with van der Waals surface area (Å²) in [5.74, 6) is 1.73. The molecule has 0 aliphatic rings. The van der Waals surface area contributed by atoms with Gasteiger partial charge in [-0.1, -0.05) is 140 Å². The second-order valence-electron chi connectivity index (χ2n) is 15.9. The summed E-state index contributed by atoms with van der Waals surface area (Å²) < 4.78 is 4.58. The average molecular weight is 941 g/mol.